The van der Waals surface area contributed by atoms with E-state index >= 15 is 0 Å². The number of aromatic nitrogens is 4. The number of aliphatic hydroxyl groups excluding tert-OH is 2. The molecule has 15 nitrogen and oxygen atoms in total. The summed E-state index contributed by atoms with van der Waals surface area (Å²) in [5, 5.41) is 34.1. The average Bonchev–Trinajstić information content (AvgIpc) is 3.50. The monoisotopic (exact) mass is 540 g/mol. The van der Waals surface area contributed by atoms with E-state index in [2.05, 4.69) is 51.8 Å². The number of aromatic amines is 2. The molecule has 0 radical (unpaired) electrons. The normalized spacial score (nSPS) is 11.0. The predicted molar refractivity (Wildman–Crippen MR) is 146 cm³/mol. The van der Waals surface area contributed by atoms with E-state index in [9.17, 15) is 9.59 Å². The van der Waals surface area contributed by atoms with Crippen molar-refractivity contribution in [3.63, 3.8) is 0 Å². The number of carbonyl (C=O) groups excluding carboxylic acids is 2. The number of rotatable bonds is 14. The molecule has 0 fully saturated rings. The molecule has 2 aromatic carbocycles. The molecule has 0 saturated carbocycles. The van der Waals surface area contributed by atoms with E-state index in [1.807, 2.05) is 0 Å². The van der Waals surface area contributed by atoms with Gasteiger partial charge in [-0.1, -0.05) is 0 Å². The molecule has 0 saturated heterocycles. The number of nitrogens with zero attached hydrogens (tertiary/aromatic N) is 2. The Balaban J connectivity index is 1.31. The number of urea groups is 2. The molecular weight excluding hydrogens is 508 g/mol. The van der Waals surface area contributed by atoms with Gasteiger partial charge in [0, 0.05) is 51.4 Å². The number of hydrogen-bond acceptors (Lipinski definition) is 9. The fourth-order valence-corrected chi connectivity index (χ4v) is 3.60. The summed E-state index contributed by atoms with van der Waals surface area (Å²) in [6, 6.07) is 9.83. The summed E-state index contributed by atoms with van der Waals surface area (Å²) >= 11 is 0. The Morgan fingerprint density at radius 2 is 1.15 bits per heavy atom. The van der Waals surface area contributed by atoms with Gasteiger partial charge in [-0.05, 0) is 24.3 Å². The summed E-state index contributed by atoms with van der Waals surface area (Å²) in [5.41, 5.74) is 2.67. The minimum absolute atomic E-state index is 0.0414. The standard InChI is InChI=1S/C24H32N10O5/c35-11-9-25-5-7-27-23(37)33-21-29-17-3-1-15(13-19(17)31-21)39-16-2-4-18-20(14-16)32-22(30-18)34-24(38)28-8-6-26-10-12-36/h1-4,13-14,25-26,35-36H,5-12H2,(H3,27,29,31,33,37)(H3,28,30,32,34,38). The van der Waals surface area contributed by atoms with Crippen LogP contribution in [0.5, 0.6) is 11.5 Å². The summed E-state index contributed by atoms with van der Waals surface area (Å²) in [6.07, 6.45) is 0. The van der Waals surface area contributed by atoms with E-state index in [4.69, 9.17) is 14.9 Å². The van der Waals surface area contributed by atoms with Crippen molar-refractivity contribution >= 4 is 46.0 Å². The van der Waals surface area contributed by atoms with Crippen LogP contribution in [-0.4, -0.2) is 94.7 Å². The first-order chi connectivity index (χ1) is 19.0. The van der Waals surface area contributed by atoms with Crippen LogP contribution >= 0.6 is 0 Å². The third-order valence-corrected chi connectivity index (χ3v) is 5.36. The minimum atomic E-state index is -0.398. The molecule has 2 heterocycles. The van der Waals surface area contributed by atoms with Crippen molar-refractivity contribution in [1.82, 2.24) is 41.2 Å². The Morgan fingerprint density at radius 3 is 1.59 bits per heavy atom. The lowest BCUT2D eigenvalue weighted by atomic mass is 10.3. The van der Waals surface area contributed by atoms with Gasteiger partial charge in [0.1, 0.15) is 11.5 Å². The van der Waals surface area contributed by atoms with Crippen molar-refractivity contribution < 1.29 is 24.5 Å². The SMILES string of the molecule is O=C(NCCNCCO)Nc1nc2ccc(Oc3ccc4nc(NC(=O)NCCNCCO)[nH]c4c3)cc2[nH]1. The smallest absolute Gasteiger partial charge is 0.321 e. The molecule has 0 unspecified atom stereocenters. The second-order valence-corrected chi connectivity index (χ2v) is 8.34. The van der Waals surface area contributed by atoms with Crippen molar-refractivity contribution in [2.75, 3.05) is 63.1 Å². The van der Waals surface area contributed by atoms with Crippen LogP contribution < -0.4 is 36.6 Å². The lowest BCUT2D eigenvalue weighted by molar-refractivity contribution is 0.250. The Kier molecular flexibility index (Phi) is 9.85. The number of amides is 4. The summed E-state index contributed by atoms with van der Waals surface area (Å²) in [7, 11) is 0. The molecule has 0 bridgehead atoms. The lowest BCUT2D eigenvalue weighted by Crippen LogP contribution is -2.35. The van der Waals surface area contributed by atoms with Gasteiger partial charge in [0.2, 0.25) is 11.9 Å². The zero-order valence-corrected chi connectivity index (χ0v) is 21.1. The van der Waals surface area contributed by atoms with Gasteiger partial charge in [0.15, 0.2) is 0 Å². The second-order valence-electron chi connectivity index (χ2n) is 8.34. The van der Waals surface area contributed by atoms with Gasteiger partial charge >= 0.3 is 12.1 Å². The number of fused-ring (bicyclic) bond motifs is 2. The maximum Gasteiger partial charge on any atom is 0.321 e. The quantitative estimate of drug-likeness (QED) is 0.101. The molecule has 208 valence electrons. The first-order valence-electron chi connectivity index (χ1n) is 12.4. The lowest BCUT2D eigenvalue weighted by Gasteiger charge is -2.06. The minimum Gasteiger partial charge on any atom is -0.457 e. The number of benzene rings is 2. The first-order valence-corrected chi connectivity index (χ1v) is 12.4. The molecule has 15 heteroatoms. The summed E-state index contributed by atoms with van der Waals surface area (Å²) in [6.45, 7) is 2.90. The topological polar surface area (TPSA) is 213 Å². The molecule has 0 spiro atoms. The van der Waals surface area contributed by atoms with Gasteiger partial charge in [-0.2, -0.15) is 0 Å². The average molecular weight is 541 g/mol. The van der Waals surface area contributed by atoms with Crippen molar-refractivity contribution in [1.29, 1.82) is 0 Å². The van der Waals surface area contributed by atoms with Crippen LogP contribution in [0.25, 0.3) is 22.1 Å². The largest absolute Gasteiger partial charge is 0.457 e. The third-order valence-electron chi connectivity index (χ3n) is 5.36. The van der Waals surface area contributed by atoms with E-state index in [1.54, 1.807) is 36.4 Å². The van der Waals surface area contributed by atoms with E-state index < -0.39 is 12.1 Å². The molecule has 0 atom stereocenters. The Hall–Kier alpha value is -4.44. The summed E-state index contributed by atoms with van der Waals surface area (Å²) in [5.74, 6) is 1.71. The van der Waals surface area contributed by atoms with Gasteiger partial charge in [-0.15, -0.1) is 0 Å². The first kappa shape index (κ1) is 27.6. The summed E-state index contributed by atoms with van der Waals surface area (Å²) < 4.78 is 6.00. The van der Waals surface area contributed by atoms with Crippen LogP contribution in [0.3, 0.4) is 0 Å². The maximum atomic E-state index is 12.1. The Labute approximate surface area is 223 Å². The molecule has 39 heavy (non-hydrogen) atoms. The molecular formula is C24H32N10O5. The fourth-order valence-electron chi connectivity index (χ4n) is 3.60. The molecule has 0 aliphatic rings. The van der Waals surface area contributed by atoms with Gasteiger partial charge in [0.05, 0.1) is 35.3 Å². The van der Waals surface area contributed by atoms with Crippen LogP contribution in [0, 0.1) is 0 Å². The Bertz CT molecular complexity index is 1280. The number of imidazole rings is 2. The number of hydrogen-bond donors (Lipinski definition) is 10. The molecule has 2 aromatic heterocycles. The second kappa shape index (κ2) is 13.9. The highest BCUT2D eigenvalue weighted by atomic mass is 16.5. The van der Waals surface area contributed by atoms with Gasteiger partial charge < -0.3 is 46.2 Å². The number of anilines is 2. The predicted octanol–water partition coefficient (Wildman–Crippen LogP) is 0.638. The third kappa shape index (κ3) is 8.27. The van der Waals surface area contributed by atoms with Gasteiger partial charge in [-0.3, -0.25) is 10.6 Å². The van der Waals surface area contributed by atoms with Crippen molar-refractivity contribution in [3.8, 4) is 11.5 Å². The van der Waals surface area contributed by atoms with Crippen LogP contribution in [0.1, 0.15) is 0 Å². The van der Waals surface area contributed by atoms with E-state index in [-0.39, 0.29) is 13.2 Å². The van der Waals surface area contributed by atoms with Gasteiger partial charge in [0.25, 0.3) is 0 Å². The molecule has 0 aliphatic heterocycles. The number of H-pyrrole nitrogens is 2. The van der Waals surface area contributed by atoms with Crippen molar-refractivity contribution in [2.24, 2.45) is 0 Å². The number of carbonyl (C=O) groups is 2. The number of aliphatic hydroxyl groups is 2. The molecule has 10 N–H and O–H groups in total. The van der Waals surface area contributed by atoms with E-state index in [1.165, 1.54) is 0 Å². The van der Waals surface area contributed by atoms with Crippen LogP contribution in [0.15, 0.2) is 36.4 Å². The number of ether oxygens (including phenoxy) is 1. The van der Waals surface area contributed by atoms with E-state index in [0.717, 1.165) is 0 Å². The zero-order chi connectivity index (χ0) is 27.5. The Morgan fingerprint density at radius 1 is 0.692 bits per heavy atom. The summed E-state index contributed by atoms with van der Waals surface area (Å²) in [4.78, 5) is 38.9. The highest BCUT2D eigenvalue weighted by Gasteiger charge is 2.10. The molecule has 4 amide bonds. The van der Waals surface area contributed by atoms with Crippen LogP contribution in [0.2, 0.25) is 0 Å². The number of nitrogens with one attached hydrogen (secondary N) is 8. The highest BCUT2D eigenvalue weighted by Crippen LogP contribution is 2.28. The van der Waals surface area contributed by atoms with Crippen LogP contribution in [-0.2, 0) is 0 Å². The van der Waals surface area contributed by atoms with E-state index in [0.29, 0.717) is 84.7 Å². The van der Waals surface area contributed by atoms with Crippen molar-refractivity contribution in [2.45, 2.75) is 0 Å². The van der Waals surface area contributed by atoms with Crippen LogP contribution in [0.4, 0.5) is 21.5 Å². The molecule has 4 aromatic rings. The van der Waals surface area contributed by atoms with Crippen molar-refractivity contribution in [3.05, 3.63) is 36.4 Å². The highest BCUT2D eigenvalue weighted by molar-refractivity contribution is 5.91. The zero-order valence-electron chi connectivity index (χ0n) is 21.1. The molecule has 4 rings (SSSR count). The molecule has 0 aliphatic carbocycles. The maximum absolute atomic E-state index is 12.1. The van der Waals surface area contributed by atoms with Gasteiger partial charge in [-0.25, -0.2) is 19.6 Å². The fraction of sp³-hybridized carbons (Fsp3) is 0.333.